The van der Waals surface area contributed by atoms with E-state index < -0.39 is 5.82 Å². The molecule has 2 rings (SSSR count). The molecule has 0 spiro atoms. The molecule has 96 valence electrons. The van der Waals surface area contributed by atoms with Crippen LogP contribution in [-0.4, -0.2) is 4.98 Å². The van der Waals surface area contributed by atoms with Crippen molar-refractivity contribution in [2.24, 2.45) is 0 Å². The maximum atomic E-state index is 13.8. The topological polar surface area (TPSA) is 36.7 Å². The maximum absolute atomic E-state index is 13.8. The monoisotopic (exact) mass is 314 g/mol. The lowest BCUT2D eigenvalue weighted by molar-refractivity contribution is 0.606. The largest absolute Gasteiger partial charge is 0.256 e. The van der Waals surface area contributed by atoms with Crippen molar-refractivity contribution in [3.63, 3.8) is 0 Å². The van der Waals surface area contributed by atoms with Gasteiger partial charge in [-0.15, -0.1) is 0 Å². The highest BCUT2D eigenvalue weighted by molar-refractivity contribution is 6.46. The van der Waals surface area contributed by atoms with Crippen LogP contribution in [0.15, 0.2) is 24.4 Å². The van der Waals surface area contributed by atoms with Crippen molar-refractivity contribution in [2.45, 2.75) is 6.42 Å². The van der Waals surface area contributed by atoms with Crippen molar-refractivity contribution < 1.29 is 4.39 Å². The molecule has 0 unspecified atom stereocenters. The van der Waals surface area contributed by atoms with E-state index in [0.29, 0.717) is 21.2 Å². The summed E-state index contributed by atoms with van der Waals surface area (Å²) in [5, 5.41) is 9.45. The fourth-order valence-corrected chi connectivity index (χ4v) is 2.35. The average molecular weight is 316 g/mol. The molecule has 2 aromatic rings. The first-order valence-electron chi connectivity index (χ1n) is 5.20. The van der Waals surface area contributed by atoms with Gasteiger partial charge in [-0.05, 0) is 18.2 Å². The van der Waals surface area contributed by atoms with Gasteiger partial charge in [0, 0.05) is 17.3 Å². The summed E-state index contributed by atoms with van der Waals surface area (Å²) in [7, 11) is 0. The first-order valence-corrected chi connectivity index (χ1v) is 6.33. The molecule has 0 amide bonds. The van der Waals surface area contributed by atoms with Crippen LogP contribution in [0.3, 0.4) is 0 Å². The van der Waals surface area contributed by atoms with E-state index in [4.69, 9.17) is 40.1 Å². The number of aromatic nitrogens is 1. The summed E-state index contributed by atoms with van der Waals surface area (Å²) in [5.74, 6) is -0.578. The van der Waals surface area contributed by atoms with Crippen molar-refractivity contribution in [1.29, 1.82) is 5.26 Å². The Hall–Kier alpha value is -1.34. The van der Waals surface area contributed by atoms with Crippen LogP contribution >= 0.6 is 34.8 Å². The summed E-state index contributed by atoms with van der Waals surface area (Å²) in [4.78, 5) is 3.90. The highest BCUT2D eigenvalue weighted by Crippen LogP contribution is 2.39. The number of nitrogens with zero attached hydrogens (tertiary/aromatic N) is 2. The Bertz CT molecular complexity index is 680. The van der Waals surface area contributed by atoms with Crippen molar-refractivity contribution >= 4 is 34.8 Å². The lowest BCUT2D eigenvalue weighted by atomic mass is 10.1. The molecule has 0 saturated carbocycles. The van der Waals surface area contributed by atoms with Crippen LogP contribution in [0.4, 0.5) is 4.39 Å². The molecule has 0 N–H and O–H groups in total. The third-order valence-corrected chi connectivity index (χ3v) is 3.62. The van der Waals surface area contributed by atoms with Crippen molar-refractivity contribution in [2.75, 3.05) is 0 Å². The van der Waals surface area contributed by atoms with Gasteiger partial charge >= 0.3 is 0 Å². The van der Waals surface area contributed by atoms with Crippen LogP contribution in [-0.2, 0) is 6.42 Å². The normalized spacial score (nSPS) is 10.3. The lowest BCUT2D eigenvalue weighted by Gasteiger charge is -2.09. The van der Waals surface area contributed by atoms with Crippen molar-refractivity contribution in [1.82, 2.24) is 4.98 Å². The van der Waals surface area contributed by atoms with Gasteiger partial charge in [0.25, 0.3) is 0 Å². The number of hydrogen-bond donors (Lipinski definition) is 0. The zero-order chi connectivity index (χ0) is 14.0. The Labute approximate surface area is 124 Å². The highest BCUT2D eigenvalue weighted by atomic mass is 35.5. The highest BCUT2D eigenvalue weighted by Gasteiger charge is 2.14. The number of pyridine rings is 1. The van der Waals surface area contributed by atoms with E-state index in [-0.39, 0.29) is 17.1 Å². The van der Waals surface area contributed by atoms with Crippen LogP contribution in [0.2, 0.25) is 15.1 Å². The molecule has 0 saturated heterocycles. The maximum Gasteiger partial charge on any atom is 0.146 e. The second kappa shape index (κ2) is 5.75. The van der Waals surface area contributed by atoms with E-state index in [9.17, 15) is 4.39 Å². The SMILES string of the molecule is N#CCc1ncc(-c2c(Cl)ccc(Cl)c2Cl)cc1F. The molecule has 2 nitrogen and oxygen atoms in total. The molecule has 6 heteroatoms. The van der Waals surface area contributed by atoms with Gasteiger partial charge in [0.05, 0.1) is 33.3 Å². The van der Waals surface area contributed by atoms with E-state index in [2.05, 4.69) is 4.98 Å². The Kier molecular flexibility index (Phi) is 4.26. The second-order valence-electron chi connectivity index (χ2n) is 3.71. The Morgan fingerprint density at radius 2 is 1.89 bits per heavy atom. The van der Waals surface area contributed by atoms with E-state index in [1.54, 1.807) is 12.1 Å². The molecule has 0 fully saturated rings. The summed E-state index contributed by atoms with van der Waals surface area (Å²) in [6.45, 7) is 0. The van der Waals surface area contributed by atoms with E-state index >= 15 is 0 Å². The van der Waals surface area contributed by atoms with Gasteiger partial charge in [0.1, 0.15) is 5.82 Å². The molecule has 0 atom stereocenters. The average Bonchev–Trinajstić information content (AvgIpc) is 2.38. The molecule has 0 aliphatic heterocycles. The summed E-state index contributed by atoms with van der Waals surface area (Å²) < 4.78 is 13.8. The first kappa shape index (κ1) is 14.1. The van der Waals surface area contributed by atoms with Crippen LogP contribution in [0, 0.1) is 17.1 Å². The van der Waals surface area contributed by atoms with Gasteiger partial charge in [-0.25, -0.2) is 4.39 Å². The minimum absolute atomic E-state index is 0.0838. The Morgan fingerprint density at radius 3 is 2.53 bits per heavy atom. The van der Waals surface area contributed by atoms with Crippen LogP contribution in [0.1, 0.15) is 5.69 Å². The van der Waals surface area contributed by atoms with E-state index in [1.807, 2.05) is 6.07 Å². The van der Waals surface area contributed by atoms with Crippen LogP contribution < -0.4 is 0 Å². The molecular weight excluding hydrogens is 310 g/mol. The second-order valence-corrected chi connectivity index (χ2v) is 4.90. The quantitative estimate of drug-likeness (QED) is 0.738. The fraction of sp³-hybridized carbons (Fsp3) is 0.0769. The van der Waals surface area contributed by atoms with Crippen LogP contribution in [0.25, 0.3) is 11.1 Å². The number of halogens is 4. The van der Waals surface area contributed by atoms with Crippen molar-refractivity contribution in [3.8, 4) is 17.2 Å². The van der Waals surface area contributed by atoms with Gasteiger partial charge in [-0.3, -0.25) is 4.98 Å². The summed E-state index contributed by atoms with van der Waals surface area (Å²) in [5.41, 5.74) is 0.919. The summed E-state index contributed by atoms with van der Waals surface area (Å²) in [6, 6.07) is 6.21. The number of rotatable bonds is 2. The minimum atomic E-state index is -0.578. The molecule has 1 aromatic heterocycles. The molecule has 0 aliphatic carbocycles. The number of nitriles is 1. The molecule has 1 aromatic carbocycles. The third kappa shape index (κ3) is 2.82. The predicted octanol–water partition coefficient (Wildman–Crippen LogP) is 4.91. The third-order valence-electron chi connectivity index (χ3n) is 2.50. The fourth-order valence-electron chi connectivity index (χ4n) is 1.60. The van der Waals surface area contributed by atoms with Gasteiger partial charge in [0.2, 0.25) is 0 Å². The smallest absolute Gasteiger partial charge is 0.146 e. The molecular formula is C13H6Cl3FN2. The lowest BCUT2D eigenvalue weighted by Crippen LogP contribution is -1.95. The van der Waals surface area contributed by atoms with Crippen LogP contribution in [0.5, 0.6) is 0 Å². The van der Waals surface area contributed by atoms with Gasteiger partial charge in [0.15, 0.2) is 0 Å². The van der Waals surface area contributed by atoms with Gasteiger partial charge in [-0.1, -0.05) is 34.8 Å². The molecule has 19 heavy (non-hydrogen) atoms. The minimum Gasteiger partial charge on any atom is -0.256 e. The molecule has 0 radical (unpaired) electrons. The van der Waals surface area contributed by atoms with E-state index in [0.717, 1.165) is 0 Å². The van der Waals surface area contributed by atoms with Gasteiger partial charge < -0.3 is 0 Å². The van der Waals surface area contributed by atoms with Gasteiger partial charge in [-0.2, -0.15) is 5.26 Å². The Balaban J connectivity index is 2.58. The molecule has 0 aliphatic rings. The summed E-state index contributed by atoms with van der Waals surface area (Å²) >= 11 is 18.0. The van der Waals surface area contributed by atoms with E-state index in [1.165, 1.54) is 12.3 Å². The zero-order valence-electron chi connectivity index (χ0n) is 9.42. The standard InChI is InChI=1S/C13H6Cl3FN2/c14-8-1-2-9(15)13(16)12(8)7-5-10(17)11(3-4-18)19-6-7/h1-2,5-6H,3H2. The summed E-state index contributed by atoms with van der Waals surface area (Å²) in [6.07, 6.45) is 1.32. The molecule has 0 bridgehead atoms. The predicted molar refractivity (Wildman–Crippen MR) is 74.0 cm³/mol. The Morgan fingerprint density at radius 1 is 1.21 bits per heavy atom. The number of hydrogen-bond acceptors (Lipinski definition) is 2. The molecule has 1 heterocycles. The van der Waals surface area contributed by atoms with Crippen molar-refractivity contribution in [3.05, 3.63) is 51.0 Å². The first-order chi connectivity index (χ1) is 9.04. The number of benzene rings is 1. The zero-order valence-corrected chi connectivity index (χ0v) is 11.7.